The fourth-order valence-electron chi connectivity index (χ4n) is 2.08. The molecule has 0 aromatic heterocycles. The van der Waals surface area contributed by atoms with Crippen molar-refractivity contribution in [2.24, 2.45) is 0 Å². The lowest BCUT2D eigenvalue weighted by Crippen LogP contribution is -2.41. The Morgan fingerprint density at radius 1 is 1.29 bits per heavy atom. The number of anilines is 1. The lowest BCUT2D eigenvalue weighted by Gasteiger charge is -2.28. The number of Topliss-reactive ketones (excluding diaryl/α,β-unsaturated/α-hetero) is 1. The summed E-state index contributed by atoms with van der Waals surface area (Å²) >= 11 is 0. The number of unbranched alkanes of at least 4 members (excludes halogenated alkanes) is 1. The van der Waals surface area contributed by atoms with Crippen LogP contribution in [0.5, 0.6) is 0 Å². The molecule has 1 unspecified atom stereocenters. The third-order valence-corrected chi connectivity index (χ3v) is 3.66. The summed E-state index contributed by atoms with van der Waals surface area (Å²) in [6.45, 7) is 8.52. The summed E-state index contributed by atoms with van der Waals surface area (Å²) in [5, 5.41) is 2.90. The second kappa shape index (κ2) is 8.45. The molecule has 0 aliphatic rings. The number of hydrogen-bond acceptors (Lipinski definition) is 2. The first-order valence-electron chi connectivity index (χ1n) is 7.68. The molecule has 0 radical (unpaired) electrons. The largest absolute Gasteiger partial charge is 0.322 e. The maximum Gasteiger partial charge on any atom is 0.322 e. The first kappa shape index (κ1) is 17.2. The molecule has 0 saturated carbocycles. The fraction of sp³-hybridized carbons (Fsp3) is 0.529. The van der Waals surface area contributed by atoms with Crippen molar-refractivity contribution < 1.29 is 9.59 Å². The Labute approximate surface area is 127 Å². The van der Waals surface area contributed by atoms with Gasteiger partial charge in [0.05, 0.1) is 0 Å². The zero-order valence-corrected chi connectivity index (χ0v) is 13.5. The van der Waals surface area contributed by atoms with Crippen molar-refractivity contribution in [3.63, 3.8) is 0 Å². The summed E-state index contributed by atoms with van der Waals surface area (Å²) in [5.41, 5.74) is 1.27. The first-order valence-corrected chi connectivity index (χ1v) is 7.68. The number of hydrogen-bond donors (Lipinski definition) is 1. The Morgan fingerprint density at radius 3 is 2.57 bits per heavy atom. The van der Waals surface area contributed by atoms with E-state index in [0.717, 1.165) is 25.8 Å². The van der Waals surface area contributed by atoms with Gasteiger partial charge in [-0.05, 0) is 38.8 Å². The number of carbonyl (C=O) groups is 2. The maximum absolute atomic E-state index is 12.4. The third-order valence-electron chi connectivity index (χ3n) is 3.66. The smallest absolute Gasteiger partial charge is 0.322 e. The highest BCUT2D eigenvalue weighted by Crippen LogP contribution is 2.14. The van der Waals surface area contributed by atoms with E-state index in [0.29, 0.717) is 11.3 Å². The van der Waals surface area contributed by atoms with Crippen LogP contribution in [0.3, 0.4) is 0 Å². The Kier molecular flexibility index (Phi) is 6.92. The minimum absolute atomic E-state index is 0.00383. The quantitative estimate of drug-likeness (QED) is 0.760. The minimum Gasteiger partial charge on any atom is -0.322 e. The van der Waals surface area contributed by atoms with Crippen molar-refractivity contribution in [1.29, 1.82) is 0 Å². The van der Waals surface area contributed by atoms with Gasteiger partial charge in [-0.1, -0.05) is 32.4 Å². The number of nitrogens with zero attached hydrogens (tertiary/aromatic N) is 1. The van der Waals surface area contributed by atoms with E-state index in [9.17, 15) is 9.59 Å². The van der Waals surface area contributed by atoms with E-state index in [1.165, 1.54) is 6.92 Å². The van der Waals surface area contributed by atoms with Gasteiger partial charge in [0.15, 0.2) is 5.78 Å². The number of carbonyl (C=O) groups excluding carboxylic acids is 2. The number of nitrogens with one attached hydrogen (secondary N) is 1. The number of rotatable bonds is 7. The molecule has 0 saturated heterocycles. The van der Waals surface area contributed by atoms with Gasteiger partial charge in [0.1, 0.15) is 0 Å². The van der Waals surface area contributed by atoms with Crippen molar-refractivity contribution in [2.45, 2.75) is 53.0 Å². The van der Waals surface area contributed by atoms with Crippen LogP contribution in [0.2, 0.25) is 0 Å². The van der Waals surface area contributed by atoms with Crippen LogP contribution in [0.1, 0.15) is 57.3 Å². The Balaban J connectivity index is 2.80. The molecule has 21 heavy (non-hydrogen) atoms. The predicted octanol–water partition coefficient (Wildman–Crippen LogP) is 4.32. The van der Waals surface area contributed by atoms with Crippen LogP contribution in [0.15, 0.2) is 24.3 Å². The normalized spacial score (nSPS) is 11.8. The van der Waals surface area contributed by atoms with Gasteiger partial charge >= 0.3 is 6.03 Å². The second-order valence-electron chi connectivity index (χ2n) is 5.37. The number of ketones is 1. The van der Waals surface area contributed by atoms with Crippen LogP contribution in [0.25, 0.3) is 0 Å². The van der Waals surface area contributed by atoms with Gasteiger partial charge in [0.25, 0.3) is 0 Å². The first-order chi connectivity index (χ1) is 9.99. The lowest BCUT2D eigenvalue weighted by molar-refractivity contribution is 0.101. The number of amides is 2. The SMILES string of the molecule is CCCCN(C(=O)Nc1cccc(C(C)=O)c1)C(C)CC. The van der Waals surface area contributed by atoms with Gasteiger partial charge in [-0.15, -0.1) is 0 Å². The van der Waals surface area contributed by atoms with Gasteiger partial charge < -0.3 is 10.2 Å². The molecule has 4 heteroatoms. The zero-order chi connectivity index (χ0) is 15.8. The minimum atomic E-state index is -0.0986. The zero-order valence-electron chi connectivity index (χ0n) is 13.5. The highest BCUT2D eigenvalue weighted by atomic mass is 16.2. The van der Waals surface area contributed by atoms with Crippen LogP contribution in [-0.4, -0.2) is 29.3 Å². The summed E-state index contributed by atoms with van der Waals surface area (Å²) in [5.74, 6) is -0.00383. The van der Waals surface area contributed by atoms with Crippen molar-refractivity contribution in [3.05, 3.63) is 29.8 Å². The van der Waals surface area contributed by atoms with E-state index >= 15 is 0 Å². The Morgan fingerprint density at radius 2 is 2.00 bits per heavy atom. The standard InChI is InChI=1S/C17H26N2O2/c1-5-7-11-19(13(3)6-2)17(21)18-16-10-8-9-15(12-16)14(4)20/h8-10,12-13H,5-7,11H2,1-4H3,(H,18,21). The molecule has 1 rings (SSSR count). The van der Waals surface area contributed by atoms with E-state index in [1.54, 1.807) is 24.3 Å². The molecule has 1 N–H and O–H groups in total. The molecule has 0 bridgehead atoms. The van der Waals surface area contributed by atoms with Crippen LogP contribution in [-0.2, 0) is 0 Å². The van der Waals surface area contributed by atoms with E-state index in [4.69, 9.17) is 0 Å². The highest BCUT2D eigenvalue weighted by molar-refractivity contribution is 5.96. The van der Waals surface area contributed by atoms with Gasteiger partial charge in [0, 0.05) is 23.8 Å². The van der Waals surface area contributed by atoms with E-state index in [1.807, 2.05) is 4.90 Å². The molecule has 0 heterocycles. The summed E-state index contributed by atoms with van der Waals surface area (Å²) < 4.78 is 0. The molecule has 1 aromatic carbocycles. The average molecular weight is 290 g/mol. The fourth-order valence-corrected chi connectivity index (χ4v) is 2.08. The molecule has 0 aliphatic carbocycles. The van der Waals surface area contributed by atoms with Crippen molar-refractivity contribution >= 4 is 17.5 Å². The molecule has 2 amide bonds. The summed E-state index contributed by atoms with van der Waals surface area (Å²) in [6.07, 6.45) is 2.97. The highest BCUT2D eigenvalue weighted by Gasteiger charge is 2.18. The monoisotopic (exact) mass is 290 g/mol. The van der Waals surface area contributed by atoms with Crippen molar-refractivity contribution in [3.8, 4) is 0 Å². The Bertz CT molecular complexity index is 485. The Hall–Kier alpha value is -1.84. The number of benzene rings is 1. The molecular formula is C17H26N2O2. The molecule has 116 valence electrons. The van der Waals surface area contributed by atoms with Gasteiger partial charge in [0.2, 0.25) is 0 Å². The van der Waals surface area contributed by atoms with Gasteiger partial charge in [-0.2, -0.15) is 0 Å². The van der Waals surface area contributed by atoms with Crippen LogP contribution in [0.4, 0.5) is 10.5 Å². The van der Waals surface area contributed by atoms with E-state index in [2.05, 4.69) is 26.1 Å². The molecule has 1 atom stereocenters. The van der Waals surface area contributed by atoms with Gasteiger partial charge in [-0.3, -0.25) is 4.79 Å². The number of urea groups is 1. The van der Waals surface area contributed by atoms with E-state index < -0.39 is 0 Å². The molecule has 0 fully saturated rings. The van der Waals surface area contributed by atoms with E-state index in [-0.39, 0.29) is 17.9 Å². The molecule has 1 aromatic rings. The molecular weight excluding hydrogens is 264 g/mol. The molecule has 0 aliphatic heterocycles. The topological polar surface area (TPSA) is 49.4 Å². The van der Waals surface area contributed by atoms with Gasteiger partial charge in [-0.25, -0.2) is 4.79 Å². The second-order valence-corrected chi connectivity index (χ2v) is 5.37. The third kappa shape index (κ3) is 5.21. The molecule has 4 nitrogen and oxygen atoms in total. The summed E-state index contributed by atoms with van der Waals surface area (Å²) in [7, 11) is 0. The maximum atomic E-state index is 12.4. The summed E-state index contributed by atoms with van der Waals surface area (Å²) in [6, 6.07) is 7.16. The van der Waals surface area contributed by atoms with Crippen molar-refractivity contribution in [1.82, 2.24) is 4.90 Å². The van der Waals surface area contributed by atoms with Crippen LogP contribution < -0.4 is 5.32 Å². The lowest BCUT2D eigenvalue weighted by atomic mass is 10.1. The molecule has 0 spiro atoms. The van der Waals surface area contributed by atoms with Crippen molar-refractivity contribution in [2.75, 3.05) is 11.9 Å². The van der Waals surface area contributed by atoms with Crippen LogP contribution in [0, 0.1) is 0 Å². The predicted molar refractivity (Wildman–Crippen MR) is 86.8 cm³/mol. The summed E-state index contributed by atoms with van der Waals surface area (Å²) in [4.78, 5) is 25.7. The van der Waals surface area contributed by atoms with Crippen LogP contribution >= 0.6 is 0 Å². The average Bonchev–Trinajstić information content (AvgIpc) is 2.47.